The van der Waals surface area contributed by atoms with Crippen LogP contribution in [0.2, 0.25) is 0 Å². The van der Waals surface area contributed by atoms with Crippen molar-refractivity contribution in [2.24, 2.45) is 0 Å². The van der Waals surface area contributed by atoms with Crippen molar-refractivity contribution < 1.29 is 38.2 Å². The summed E-state index contributed by atoms with van der Waals surface area (Å²) in [6, 6.07) is 0. The number of amides is 1. The molecular weight excluding hydrogens is 276 g/mol. The van der Waals surface area contributed by atoms with Gasteiger partial charge in [-0.25, -0.2) is 0 Å². The van der Waals surface area contributed by atoms with E-state index in [0.717, 1.165) is 0 Å². The van der Waals surface area contributed by atoms with Gasteiger partial charge < -0.3 is 29.6 Å². The summed E-state index contributed by atoms with van der Waals surface area (Å²) in [7, 11) is -9.90. The number of carbonyl (C=O) groups excluding carboxylic acids is 1. The summed E-state index contributed by atoms with van der Waals surface area (Å²) < 4.78 is 27.5. The molecule has 17 heavy (non-hydrogen) atoms. The van der Waals surface area contributed by atoms with Crippen LogP contribution in [0, 0.1) is 0 Å². The zero-order chi connectivity index (χ0) is 13.3. The van der Waals surface area contributed by atoms with E-state index in [4.69, 9.17) is 14.9 Å². The van der Waals surface area contributed by atoms with Crippen molar-refractivity contribution in [3.63, 3.8) is 0 Å². The average Bonchev–Trinajstić information content (AvgIpc) is 2.58. The number of aliphatic hydroxyl groups is 1. The van der Waals surface area contributed by atoms with Crippen LogP contribution in [0.3, 0.4) is 0 Å². The van der Waals surface area contributed by atoms with E-state index >= 15 is 0 Å². The van der Waals surface area contributed by atoms with Crippen LogP contribution in [-0.2, 0) is 18.4 Å². The molecule has 1 heterocycles. The Bertz CT molecular complexity index is 405. The Morgan fingerprint density at radius 3 is 2.29 bits per heavy atom. The standard InChI is InChI=1S/C6H13NO8P2/c8-3-4-15-17(13,14)6(16(10,11)12)2-1-5(9)7-6/h8H,1-4H2,(H,7,9)(H,13,14)(H2,10,11,12). The van der Waals surface area contributed by atoms with Crippen LogP contribution < -0.4 is 5.32 Å². The summed E-state index contributed by atoms with van der Waals surface area (Å²) in [5.74, 6) is -0.741. The molecule has 0 saturated carbocycles. The first-order valence-corrected chi connectivity index (χ1v) is 7.80. The van der Waals surface area contributed by atoms with E-state index in [-0.39, 0.29) is 6.42 Å². The maximum Gasteiger partial charge on any atom is 0.365 e. The van der Waals surface area contributed by atoms with Crippen LogP contribution in [0.5, 0.6) is 0 Å². The van der Waals surface area contributed by atoms with E-state index in [1.165, 1.54) is 0 Å². The van der Waals surface area contributed by atoms with Gasteiger partial charge in [-0.1, -0.05) is 0 Å². The van der Waals surface area contributed by atoms with Gasteiger partial charge in [-0.15, -0.1) is 0 Å². The fourth-order valence-corrected chi connectivity index (χ4v) is 4.87. The number of rotatable bonds is 5. The highest BCUT2D eigenvalue weighted by atomic mass is 31.2. The van der Waals surface area contributed by atoms with E-state index in [0.29, 0.717) is 0 Å². The lowest BCUT2D eigenvalue weighted by molar-refractivity contribution is -0.119. The number of hydrogen-bond donors (Lipinski definition) is 5. The first-order valence-electron chi connectivity index (χ1n) is 4.61. The molecule has 0 aromatic heterocycles. The topological polar surface area (TPSA) is 153 Å². The molecule has 9 nitrogen and oxygen atoms in total. The van der Waals surface area contributed by atoms with Crippen molar-refractivity contribution in [1.82, 2.24) is 5.32 Å². The van der Waals surface area contributed by atoms with Crippen molar-refractivity contribution in [1.29, 1.82) is 0 Å². The molecular formula is C6H13NO8P2. The van der Waals surface area contributed by atoms with Crippen LogP contribution in [0.25, 0.3) is 0 Å². The first kappa shape index (κ1) is 14.8. The summed E-state index contributed by atoms with van der Waals surface area (Å²) in [4.78, 5) is 38.9. The smallest absolute Gasteiger partial charge is 0.365 e. The van der Waals surface area contributed by atoms with Gasteiger partial charge in [0.2, 0.25) is 10.9 Å². The van der Waals surface area contributed by atoms with Gasteiger partial charge in [0.1, 0.15) is 0 Å². The largest absolute Gasteiger partial charge is 0.394 e. The summed E-state index contributed by atoms with van der Waals surface area (Å²) in [6.07, 6.45) is -0.784. The molecule has 0 spiro atoms. The zero-order valence-electron chi connectivity index (χ0n) is 8.64. The van der Waals surface area contributed by atoms with E-state index in [9.17, 15) is 18.8 Å². The molecule has 0 radical (unpaired) electrons. The lowest BCUT2D eigenvalue weighted by Gasteiger charge is -2.32. The fourth-order valence-electron chi connectivity index (χ4n) is 1.50. The number of carbonyl (C=O) groups is 1. The molecule has 1 fully saturated rings. The molecule has 5 N–H and O–H groups in total. The SMILES string of the molecule is O=C1CCC(P(=O)(O)O)(P(=O)(O)OCCO)N1. The molecule has 100 valence electrons. The second-order valence-electron chi connectivity index (χ2n) is 3.49. The summed E-state index contributed by atoms with van der Waals surface area (Å²) in [5, 5.41) is 7.70. The van der Waals surface area contributed by atoms with Crippen LogP contribution >= 0.6 is 15.2 Å². The Morgan fingerprint density at radius 1 is 1.35 bits per heavy atom. The minimum atomic E-state index is -5.10. The summed E-state index contributed by atoms with van der Waals surface area (Å²) in [5.41, 5.74) is 0. The zero-order valence-corrected chi connectivity index (χ0v) is 10.4. The van der Waals surface area contributed by atoms with Gasteiger partial charge in [0.15, 0.2) is 0 Å². The molecule has 0 bridgehead atoms. The van der Waals surface area contributed by atoms with Crippen LogP contribution in [-0.4, -0.2) is 43.9 Å². The molecule has 11 heteroatoms. The van der Waals surface area contributed by atoms with Gasteiger partial charge in [0.25, 0.3) is 0 Å². The van der Waals surface area contributed by atoms with Gasteiger partial charge in [0.05, 0.1) is 13.2 Å². The number of aliphatic hydroxyl groups excluding tert-OH is 1. The molecule has 0 aliphatic carbocycles. The van der Waals surface area contributed by atoms with Gasteiger partial charge in [-0.3, -0.25) is 13.9 Å². The predicted molar refractivity (Wildman–Crippen MR) is 55.0 cm³/mol. The van der Waals surface area contributed by atoms with Gasteiger partial charge in [-0.2, -0.15) is 0 Å². The van der Waals surface area contributed by atoms with Crippen molar-refractivity contribution >= 4 is 21.1 Å². The lowest BCUT2D eigenvalue weighted by Crippen LogP contribution is -2.41. The highest BCUT2D eigenvalue weighted by molar-refractivity contribution is 7.72. The molecule has 1 aliphatic heterocycles. The highest BCUT2D eigenvalue weighted by Gasteiger charge is 2.65. The Morgan fingerprint density at radius 2 is 1.94 bits per heavy atom. The third-order valence-corrected chi connectivity index (χ3v) is 6.99. The second-order valence-corrected chi connectivity index (χ2v) is 7.75. The van der Waals surface area contributed by atoms with Crippen molar-refractivity contribution in [3.8, 4) is 0 Å². The number of hydrogen-bond acceptors (Lipinski definition) is 5. The molecule has 2 atom stereocenters. The van der Waals surface area contributed by atoms with E-state index < -0.39 is 45.8 Å². The quantitative estimate of drug-likeness (QED) is 0.400. The van der Waals surface area contributed by atoms with Crippen molar-refractivity contribution in [2.45, 2.75) is 17.9 Å². The molecule has 1 saturated heterocycles. The maximum absolute atomic E-state index is 11.8. The Balaban J connectivity index is 3.13. The molecule has 1 aliphatic rings. The average molecular weight is 289 g/mol. The third-order valence-electron chi connectivity index (χ3n) is 2.35. The summed E-state index contributed by atoms with van der Waals surface area (Å²) in [6.45, 7) is -1.15. The normalized spacial score (nSPS) is 28.8. The van der Waals surface area contributed by atoms with E-state index in [1.54, 1.807) is 0 Å². The van der Waals surface area contributed by atoms with Gasteiger partial charge in [0, 0.05) is 12.8 Å². The Kier molecular flexibility index (Phi) is 4.16. The van der Waals surface area contributed by atoms with E-state index in [2.05, 4.69) is 4.52 Å². The van der Waals surface area contributed by atoms with E-state index in [1.807, 2.05) is 5.32 Å². The fraction of sp³-hybridized carbons (Fsp3) is 0.833. The van der Waals surface area contributed by atoms with Crippen LogP contribution in [0.1, 0.15) is 12.8 Å². The Labute approximate surface area is 96.5 Å². The van der Waals surface area contributed by atoms with Gasteiger partial charge in [-0.05, 0) is 0 Å². The Hall–Kier alpha value is -0.270. The van der Waals surface area contributed by atoms with Crippen molar-refractivity contribution in [2.75, 3.05) is 13.2 Å². The molecule has 1 rings (SSSR count). The van der Waals surface area contributed by atoms with Crippen LogP contribution in [0.15, 0.2) is 0 Å². The molecule has 2 unspecified atom stereocenters. The van der Waals surface area contributed by atoms with Gasteiger partial charge >= 0.3 is 15.2 Å². The first-order chi connectivity index (χ1) is 7.66. The predicted octanol–water partition coefficient (Wildman–Crippen LogP) is -1.08. The molecule has 1 amide bonds. The third kappa shape index (κ3) is 2.61. The second kappa shape index (κ2) is 4.78. The van der Waals surface area contributed by atoms with Crippen molar-refractivity contribution in [3.05, 3.63) is 0 Å². The maximum atomic E-state index is 11.8. The van der Waals surface area contributed by atoms with Crippen LogP contribution in [0.4, 0.5) is 0 Å². The molecule has 0 aromatic rings. The highest BCUT2D eigenvalue weighted by Crippen LogP contribution is 2.72. The summed E-state index contributed by atoms with van der Waals surface area (Å²) >= 11 is 0. The molecule has 0 aromatic carbocycles. The minimum absolute atomic E-state index is 0.280. The monoisotopic (exact) mass is 289 g/mol. The minimum Gasteiger partial charge on any atom is -0.394 e. The number of nitrogens with one attached hydrogen (secondary N) is 1. The lowest BCUT2D eigenvalue weighted by atomic mass is 10.4.